The first-order valence-corrected chi connectivity index (χ1v) is 13.8. The van der Waals surface area contributed by atoms with E-state index in [0.29, 0.717) is 19.4 Å². The van der Waals surface area contributed by atoms with Gasteiger partial charge in [0.1, 0.15) is 48.9 Å². The number of aromatic hydroxyl groups is 1. The van der Waals surface area contributed by atoms with Crippen molar-refractivity contribution in [3.8, 4) is 5.75 Å². The zero-order valence-corrected chi connectivity index (χ0v) is 22.9. The number of phenols is 1. The fourth-order valence-corrected chi connectivity index (χ4v) is 5.13. The first-order chi connectivity index (χ1) is 20.0. The molecule has 0 saturated carbocycles. The summed E-state index contributed by atoms with van der Waals surface area (Å²) in [6, 6.07) is 12.2. The molecule has 8 N–H and O–H groups in total. The fourth-order valence-electron chi connectivity index (χ4n) is 5.13. The standard InChI is InChI=1S/C29H37N3O10/c30-19(13-17-8-10-18(33)11-9-17)27(38)32-12-4-7-21(32)26(37)31-20(14-16-5-2-1-3-6-16)28(39)41-15-22-23(34)24(35)25(36)29(40)42-22/h1-3,5-6,8-11,19-25,29,33-36,40H,4,7,12-15,30H2,(H,31,37)/t19-,20-,21-,22+,23+,24-,25+,29-/m0/s1. The number of phenolic OH excluding ortho intramolecular Hbond substituents is 1. The highest BCUT2D eigenvalue weighted by molar-refractivity contribution is 5.92. The molecule has 2 aliphatic heterocycles. The van der Waals surface area contributed by atoms with E-state index in [1.165, 1.54) is 17.0 Å². The van der Waals surface area contributed by atoms with Gasteiger partial charge in [-0.25, -0.2) is 4.79 Å². The molecule has 0 spiro atoms. The highest BCUT2D eigenvalue weighted by Gasteiger charge is 2.44. The van der Waals surface area contributed by atoms with Crippen molar-refractivity contribution in [1.29, 1.82) is 0 Å². The maximum atomic E-state index is 13.4. The number of benzene rings is 2. The topological polar surface area (TPSA) is 212 Å². The van der Waals surface area contributed by atoms with Crippen LogP contribution in [0.5, 0.6) is 5.75 Å². The van der Waals surface area contributed by atoms with E-state index in [1.807, 2.05) is 0 Å². The molecule has 2 amide bonds. The Bertz CT molecular complexity index is 1210. The molecule has 2 heterocycles. The van der Waals surface area contributed by atoms with E-state index in [1.54, 1.807) is 42.5 Å². The van der Waals surface area contributed by atoms with Crippen LogP contribution in [0, 0.1) is 0 Å². The van der Waals surface area contributed by atoms with Gasteiger partial charge in [-0.05, 0) is 42.5 Å². The van der Waals surface area contributed by atoms with E-state index in [9.17, 15) is 39.9 Å². The minimum atomic E-state index is -1.79. The molecule has 2 aliphatic rings. The van der Waals surface area contributed by atoms with Crippen LogP contribution in [0.2, 0.25) is 0 Å². The van der Waals surface area contributed by atoms with Crippen molar-refractivity contribution in [2.24, 2.45) is 5.73 Å². The Morgan fingerprint density at radius 1 is 0.952 bits per heavy atom. The van der Waals surface area contributed by atoms with Gasteiger partial charge in [-0.2, -0.15) is 0 Å². The zero-order chi connectivity index (χ0) is 30.4. The number of likely N-dealkylation sites (tertiary alicyclic amines) is 1. The number of carbonyl (C=O) groups is 3. The summed E-state index contributed by atoms with van der Waals surface area (Å²) in [6.45, 7) is -0.246. The Morgan fingerprint density at radius 3 is 2.31 bits per heavy atom. The number of esters is 1. The van der Waals surface area contributed by atoms with Crippen LogP contribution in [-0.4, -0.2) is 110 Å². The summed E-state index contributed by atoms with van der Waals surface area (Å²) in [5.74, 6) is -1.74. The molecule has 2 aromatic carbocycles. The third-order valence-electron chi connectivity index (χ3n) is 7.51. The van der Waals surface area contributed by atoms with Crippen molar-refractivity contribution in [2.75, 3.05) is 13.2 Å². The van der Waals surface area contributed by atoms with E-state index in [0.717, 1.165) is 11.1 Å². The largest absolute Gasteiger partial charge is 0.508 e. The normalized spacial score (nSPS) is 27.2. The molecule has 228 valence electrons. The van der Waals surface area contributed by atoms with Crippen LogP contribution in [0.25, 0.3) is 0 Å². The lowest BCUT2D eigenvalue weighted by Crippen LogP contribution is -2.59. The van der Waals surface area contributed by atoms with Gasteiger partial charge in [0, 0.05) is 13.0 Å². The molecule has 4 rings (SSSR count). The molecule has 13 heteroatoms. The summed E-state index contributed by atoms with van der Waals surface area (Å²) in [5.41, 5.74) is 7.66. The minimum absolute atomic E-state index is 0.0600. The highest BCUT2D eigenvalue weighted by Crippen LogP contribution is 2.22. The monoisotopic (exact) mass is 587 g/mol. The van der Waals surface area contributed by atoms with Gasteiger partial charge in [0.05, 0.1) is 6.04 Å². The van der Waals surface area contributed by atoms with Crippen LogP contribution in [0.1, 0.15) is 24.0 Å². The second-order valence-corrected chi connectivity index (χ2v) is 10.6. The van der Waals surface area contributed by atoms with Crippen LogP contribution in [0.15, 0.2) is 54.6 Å². The second-order valence-electron chi connectivity index (χ2n) is 10.6. The molecule has 2 aromatic rings. The third-order valence-corrected chi connectivity index (χ3v) is 7.51. The number of hydrogen-bond acceptors (Lipinski definition) is 11. The fraction of sp³-hybridized carbons (Fsp3) is 0.483. The number of hydrogen-bond donors (Lipinski definition) is 7. The molecule has 13 nitrogen and oxygen atoms in total. The van der Waals surface area contributed by atoms with Gasteiger partial charge in [0.15, 0.2) is 6.29 Å². The summed E-state index contributed by atoms with van der Waals surface area (Å²) < 4.78 is 10.4. The summed E-state index contributed by atoms with van der Waals surface area (Å²) in [5, 5.41) is 51.7. The summed E-state index contributed by atoms with van der Waals surface area (Å²) in [6.07, 6.45) is -7.00. The van der Waals surface area contributed by atoms with Crippen molar-refractivity contribution in [3.05, 3.63) is 65.7 Å². The minimum Gasteiger partial charge on any atom is -0.508 e. The lowest BCUT2D eigenvalue weighted by Gasteiger charge is -2.38. The van der Waals surface area contributed by atoms with Crippen LogP contribution >= 0.6 is 0 Å². The van der Waals surface area contributed by atoms with Crippen molar-refractivity contribution < 1.29 is 49.4 Å². The van der Waals surface area contributed by atoms with Gasteiger partial charge in [-0.15, -0.1) is 0 Å². The summed E-state index contributed by atoms with van der Waals surface area (Å²) in [4.78, 5) is 41.2. The lowest BCUT2D eigenvalue weighted by atomic mass is 9.99. The SMILES string of the molecule is N[C@@H](Cc1ccc(O)cc1)C(=O)N1CCC[C@H]1C(=O)N[C@@H](Cc1ccccc1)C(=O)OC[C@H]1O[C@H](O)[C@H](O)[C@@H](O)[C@@H]1O. The van der Waals surface area contributed by atoms with Gasteiger partial charge in [0.2, 0.25) is 11.8 Å². The lowest BCUT2D eigenvalue weighted by molar-refractivity contribution is -0.287. The molecule has 0 unspecified atom stereocenters. The van der Waals surface area contributed by atoms with Gasteiger partial charge in [0.25, 0.3) is 0 Å². The number of amides is 2. The molecule has 42 heavy (non-hydrogen) atoms. The van der Waals surface area contributed by atoms with E-state index in [-0.39, 0.29) is 18.6 Å². The zero-order valence-electron chi connectivity index (χ0n) is 22.9. The van der Waals surface area contributed by atoms with Crippen LogP contribution in [-0.2, 0) is 36.7 Å². The average Bonchev–Trinajstić information content (AvgIpc) is 3.48. The van der Waals surface area contributed by atoms with Crippen molar-refractivity contribution >= 4 is 17.8 Å². The predicted molar refractivity (Wildman–Crippen MR) is 146 cm³/mol. The Hall–Kier alpha value is -3.59. The van der Waals surface area contributed by atoms with E-state index >= 15 is 0 Å². The summed E-state index contributed by atoms with van der Waals surface area (Å²) in [7, 11) is 0. The molecule has 2 fully saturated rings. The average molecular weight is 588 g/mol. The third kappa shape index (κ3) is 7.62. The number of aliphatic hydroxyl groups is 4. The number of nitrogens with two attached hydrogens (primary N) is 1. The first-order valence-electron chi connectivity index (χ1n) is 13.8. The second kappa shape index (κ2) is 14.1. The Morgan fingerprint density at radius 2 is 1.62 bits per heavy atom. The van der Waals surface area contributed by atoms with E-state index in [2.05, 4.69) is 5.32 Å². The molecule has 2 saturated heterocycles. The first kappa shape index (κ1) is 31.3. The quantitative estimate of drug-likeness (QED) is 0.156. The number of nitrogens with zero attached hydrogens (tertiary/aromatic N) is 1. The number of nitrogens with one attached hydrogen (secondary N) is 1. The molecule has 0 aromatic heterocycles. The molecule has 8 atom stereocenters. The summed E-state index contributed by atoms with van der Waals surface area (Å²) >= 11 is 0. The molecular formula is C29H37N3O10. The maximum Gasteiger partial charge on any atom is 0.329 e. The Kier molecular flexibility index (Phi) is 10.5. The number of ether oxygens (including phenoxy) is 2. The van der Waals surface area contributed by atoms with E-state index in [4.69, 9.17) is 15.2 Å². The predicted octanol–water partition coefficient (Wildman–Crippen LogP) is -1.68. The van der Waals surface area contributed by atoms with Crippen molar-refractivity contribution in [3.63, 3.8) is 0 Å². The number of carbonyl (C=O) groups excluding carboxylic acids is 3. The van der Waals surface area contributed by atoms with Crippen LogP contribution in [0.3, 0.4) is 0 Å². The highest BCUT2D eigenvalue weighted by atomic mass is 16.6. The number of rotatable bonds is 10. The smallest absolute Gasteiger partial charge is 0.329 e. The van der Waals surface area contributed by atoms with Gasteiger partial charge >= 0.3 is 5.97 Å². The molecule has 0 aliphatic carbocycles. The Balaban J connectivity index is 1.41. The van der Waals surface area contributed by atoms with Gasteiger partial charge in [-0.3, -0.25) is 9.59 Å². The van der Waals surface area contributed by atoms with Gasteiger partial charge < -0.3 is 51.0 Å². The van der Waals surface area contributed by atoms with E-state index < -0.39 is 73.2 Å². The molecule has 0 radical (unpaired) electrons. The number of aliphatic hydroxyl groups excluding tert-OH is 4. The van der Waals surface area contributed by atoms with Crippen molar-refractivity contribution in [2.45, 2.75) is 74.5 Å². The molecule has 0 bridgehead atoms. The van der Waals surface area contributed by atoms with Crippen molar-refractivity contribution in [1.82, 2.24) is 10.2 Å². The van der Waals surface area contributed by atoms with Crippen LogP contribution < -0.4 is 11.1 Å². The van der Waals surface area contributed by atoms with Gasteiger partial charge in [-0.1, -0.05) is 42.5 Å². The maximum absolute atomic E-state index is 13.4. The molecular weight excluding hydrogens is 550 g/mol. The Labute approximate surface area is 242 Å². The van der Waals surface area contributed by atoms with Crippen LogP contribution in [0.4, 0.5) is 0 Å².